The molecule has 5 rings (SSSR count). The molecule has 0 spiro atoms. The van der Waals surface area contributed by atoms with E-state index >= 15 is 0 Å². The highest BCUT2D eigenvalue weighted by Gasteiger charge is 2.46. The third-order valence-corrected chi connectivity index (χ3v) is 6.96. The van der Waals surface area contributed by atoms with Crippen LogP contribution in [0.1, 0.15) is 30.6 Å². The first-order valence-electron chi connectivity index (χ1n) is 10.1. The molecule has 3 aliphatic heterocycles. The van der Waals surface area contributed by atoms with Gasteiger partial charge in [0.05, 0.1) is 38.2 Å². The molecule has 0 aliphatic carbocycles. The van der Waals surface area contributed by atoms with Crippen LogP contribution in [-0.4, -0.2) is 54.4 Å². The van der Waals surface area contributed by atoms with Crippen molar-refractivity contribution in [3.05, 3.63) is 35.2 Å². The molecule has 154 valence electrons. The minimum Gasteiger partial charge on any atom is -0.497 e. The SMILES string of the molecule is COc1cc2[nH]c3c(c2cc1OC)CCN1CC2C(C)OC=C(C(=O)O)C2CC31. The number of nitrogens with one attached hydrogen (secondary N) is 1. The van der Waals surface area contributed by atoms with Crippen LogP contribution in [-0.2, 0) is 16.0 Å². The van der Waals surface area contributed by atoms with E-state index in [-0.39, 0.29) is 24.0 Å². The summed E-state index contributed by atoms with van der Waals surface area (Å²) >= 11 is 0. The number of nitrogens with zero attached hydrogens (tertiary/aromatic N) is 1. The minimum absolute atomic E-state index is 0.000987. The van der Waals surface area contributed by atoms with Gasteiger partial charge in [0.15, 0.2) is 11.5 Å². The van der Waals surface area contributed by atoms with E-state index in [2.05, 4.69) is 9.88 Å². The third-order valence-electron chi connectivity index (χ3n) is 6.96. The Bertz CT molecular complexity index is 1010. The number of aromatic nitrogens is 1. The zero-order valence-electron chi connectivity index (χ0n) is 16.9. The third kappa shape index (κ3) is 2.71. The summed E-state index contributed by atoms with van der Waals surface area (Å²) in [5, 5.41) is 10.8. The molecule has 7 nitrogen and oxygen atoms in total. The summed E-state index contributed by atoms with van der Waals surface area (Å²) in [4.78, 5) is 17.9. The Morgan fingerprint density at radius 3 is 2.76 bits per heavy atom. The maximum atomic E-state index is 11.8. The van der Waals surface area contributed by atoms with Gasteiger partial charge < -0.3 is 24.3 Å². The average Bonchev–Trinajstić information content (AvgIpc) is 3.09. The van der Waals surface area contributed by atoms with Crippen LogP contribution in [0.25, 0.3) is 10.9 Å². The lowest BCUT2D eigenvalue weighted by Gasteiger charge is -2.49. The van der Waals surface area contributed by atoms with Crippen molar-refractivity contribution in [2.24, 2.45) is 11.8 Å². The van der Waals surface area contributed by atoms with Crippen molar-refractivity contribution in [3.8, 4) is 11.5 Å². The van der Waals surface area contributed by atoms with Gasteiger partial charge in [0, 0.05) is 47.6 Å². The molecule has 0 bridgehead atoms. The number of H-pyrrole nitrogens is 1. The van der Waals surface area contributed by atoms with E-state index in [1.807, 2.05) is 19.1 Å². The number of carbonyl (C=O) groups is 1. The van der Waals surface area contributed by atoms with Crippen LogP contribution in [0, 0.1) is 11.8 Å². The fourth-order valence-corrected chi connectivity index (χ4v) is 5.46. The summed E-state index contributed by atoms with van der Waals surface area (Å²) in [7, 11) is 3.29. The molecule has 29 heavy (non-hydrogen) atoms. The van der Waals surface area contributed by atoms with Crippen molar-refractivity contribution >= 4 is 16.9 Å². The van der Waals surface area contributed by atoms with E-state index in [9.17, 15) is 9.90 Å². The summed E-state index contributed by atoms with van der Waals surface area (Å²) in [6.07, 6.45) is 3.23. The van der Waals surface area contributed by atoms with E-state index in [1.54, 1.807) is 14.2 Å². The van der Waals surface area contributed by atoms with Crippen molar-refractivity contribution in [2.75, 3.05) is 27.3 Å². The highest BCUT2D eigenvalue weighted by Crippen LogP contribution is 2.48. The van der Waals surface area contributed by atoms with Gasteiger partial charge in [-0.15, -0.1) is 0 Å². The Labute approximate surface area is 169 Å². The molecule has 4 atom stereocenters. The van der Waals surface area contributed by atoms with Crippen LogP contribution >= 0.6 is 0 Å². The molecule has 4 heterocycles. The van der Waals surface area contributed by atoms with Gasteiger partial charge in [0.2, 0.25) is 0 Å². The number of benzene rings is 1. The monoisotopic (exact) mass is 398 g/mol. The highest BCUT2D eigenvalue weighted by atomic mass is 16.5. The number of methoxy groups -OCH3 is 2. The number of fused-ring (bicyclic) bond motifs is 6. The van der Waals surface area contributed by atoms with Crippen LogP contribution in [0.2, 0.25) is 0 Å². The molecule has 3 aliphatic rings. The second kappa shape index (κ2) is 6.69. The summed E-state index contributed by atoms with van der Waals surface area (Å²) in [6.45, 7) is 3.85. The van der Waals surface area contributed by atoms with E-state index in [4.69, 9.17) is 14.2 Å². The predicted octanol–water partition coefficient (Wildman–Crippen LogP) is 3.11. The second-order valence-corrected chi connectivity index (χ2v) is 8.26. The molecule has 4 unspecified atom stereocenters. The van der Waals surface area contributed by atoms with Crippen LogP contribution in [0.5, 0.6) is 11.5 Å². The molecule has 0 radical (unpaired) electrons. The number of carboxylic acids is 1. The molecular weight excluding hydrogens is 372 g/mol. The molecule has 1 saturated heterocycles. The Morgan fingerprint density at radius 2 is 2.03 bits per heavy atom. The van der Waals surface area contributed by atoms with E-state index in [0.717, 1.165) is 42.6 Å². The second-order valence-electron chi connectivity index (χ2n) is 8.26. The van der Waals surface area contributed by atoms with E-state index < -0.39 is 5.97 Å². The van der Waals surface area contributed by atoms with E-state index in [1.165, 1.54) is 17.5 Å². The van der Waals surface area contributed by atoms with Gasteiger partial charge in [0.25, 0.3) is 0 Å². The lowest BCUT2D eigenvalue weighted by atomic mass is 9.72. The first-order chi connectivity index (χ1) is 14.0. The Balaban J connectivity index is 1.57. The number of hydrogen-bond donors (Lipinski definition) is 2. The lowest BCUT2D eigenvalue weighted by molar-refractivity contribution is -0.135. The van der Waals surface area contributed by atoms with Gasteiger partial charge in [0.1, 0.15) is 0 Å². The van der Waals surface area contributed by atoms with Crippen molar-refractivity contribution < 1.29 is 24.1 Å². The first kappa shape index (κ1) is 18.4. The van der Waals surface area contributed by atoms with Gasteiger partial charge in [-0.1, -0.05) is 0 Å². The smallest absolute Gasteiger partial charge is 0.334 e. The van der Waals surface area contributed by atoms with Gasteiger partial charge in [-0.3, -0.25) is 4.90 Å². The van der Waals surface area contributed by atoms with Gasteiger partial charge in [-0.05, 0) is 31.4 Å². The molecule has 1 fully saturated rings. The topological polar surface area (TPSA) is 84.0 Å². The predicted molar refractivity (Wildman–Crippen MR) is 107 cm³/mol. The highest BCUT2D eigenvalue weighted by molar-refractivity contribution is 5.89. The maximum absolute atomic E-state index is 11.8. The van der Waals surface area contributed by atoms with Crippen molar-refractivity contribution in [3.63, 3.8) is 0 Å². The molecular formula is C22H26N2O5. The molecule has 2 aromatic rings. The first-order valence-corrected chi connectivity index (χ1v) is 10.1. The molecule has 7 heteroatoms. The standard InChI is InChI=1S/C22H26N2O5/c1-11-15-9-24-5-4-12-14-7-19(27-2)20(28-3)8-17(14)23-21(12)18(24)6-13(15)16(10-29-11)22(25)26/h7-8,10-11,13,15,18,23H,4-6,9H2,1-3H3,(H,25,26). The molecule has 2 N–H and O–H groups in total. The fourth-order valence-electron chi connectivity index (χ4n) is 5.46. The number of aliphatic carboxylic acids is 1. The maximum Gasteiger partial charge on any atom is 0.334 e. The summed E-state index contributed by atoms with van der Waals surface area (Å²) < 4.78 is 16.6. The Morgan fingerprint density at radius 1 is 1.28 bits per heavy atom. The Hall–Kier alpha value is -2.67. The van der Waals surface area contributed by atoms with Crippen LogP contribution in [0.4, 0.5) is 0 Å². The number of piperidine rings is 1. The zero-order chi connectivity index (χ0) is 20.3. The van der Waals surface area contributed by atoms with Crippen molar-refractivity contribution in [2.45, 2.75) is 31.9 Å². The molecule has 1 aromatic carbocycles. The minimum atomic E-state index is -0.873. The number of carboxylic acid groups (broad SMARTS) is 1. The summed E-state index contributed by atoms with van der Waals surface area (Å²) in [5.74, 6) is 0.755. The van der Waals surface area contributed by atoms with Crippen LogP contribution < -0.4 is 9.47 Å². The molecule has 0 amide bonds. The molecule has 1 aromatic heterocycles. The Kier molecular flexibility index (Phi) is 4.24. The van der Waals surface area contributed by atoms with E-state index in [0.29, 0.717) is 11.3 Å². The fraction of sp³-hybridized carbons (Fsp3) is 0.500. The normalized spacial score (nSPS) is 28.6. The number of aromatic amines is 1. The van der Waals surface area contributed by atoms with Crippen LogP contribution in [0.3, 0.4) is 0 Å². The summed E-state index contributed by atoms with van der Waals surface area (Å²) in [6, 6.07) is 4.21. The van der Waals surface area contributed by atoms with Gasteiger partial charge >= 0.3 is 5.97 Å². The lowest BCUT2D eigenvalue weighted by Crippen LogP contribution is -2.51. The zero-order valence-corrected chi connectivity index (χ0v) is 16.9. The van der Waals surface area contributed by atoms with Gasteiger partial charge in [-0.2, -0.15) is 0 Å². The summed E-state index contributed by atoms with van der Waals surface area (Å²) in [5.41, 5.74) is 3.94. The molecule has 0 saturated carbocycles. The van der Waals surface area contributed by atoms with Gasteiger partial charge in [-0.25, -0.2) is 4.79 Å². The number of rotatable bonds is 3. The quantitative estimate of drug-likeness (QED) is 0.827. The largest absolute Gasteiger partial charge is 0.497 e. The van der Waals surface area contributed by atoms with Crippen molar-refractivity contribution in [1.29, 1.82) is 0 Å². The van der Waals surface area contributed by atoms with Crippen molar-refractivity contribution in [1.82, 2.24) is 9.88 Å². The number of hydrogen-bond acceptors (Lipinski definition) is 5. The number of ether oxygens (including phenoxy) is 3. The van der Waals surface area contributed by atoms with Crippen LogP contribution in [0.15, 0.2) is 24.0 Å². The average molecular weight is 398 g/mol.